The molecule has 0 unspecified atom stereocenters. The predicted molar refractivity (Wildman–Crippen MR) is 72.1 cm³/mol. The summed E-state index contributed by atoms with van der Waals surface area (Å²) < 4.78 is 0.661. The number of carbonyl (C=O) groups excluding carboxylic acids is 1. The van der Waals surface area contributed by atoms with Crippen LogP contribution < -0.4 is 0 Å². The Morgan fingerprint density at radius 3 is 1.93 bits per heavy atom. The van der Waals surface area contributed by atoms with Crippen molar-refractivity contribution in [3.05, 3.63) is 35.9 Å². The first-order valence-corrected chi connectivity index (χ1v) is 5.82. The van der Waals surface area contributed by atoms with E-state index in [9.17, 15) is 4.79 Å². The topological polar surface area (TPSA) is 17.1 Å². The van der Waals surface area contributed by atoms with Crippen LogP contribution in [0.5, 0.6) is 0 Å². The lowest BCUT2D eigenvalue weighted by Crippen LogP contribution is -1.92. The fraction of sp³-hybridized carbons (Fsp3) is 0.417. The molecule has 14 heavy (non-hydrogen) atoms. The number of rotatable bonds is 2. The highest BCUT2D eigenvalue weighted by molar-refractivity contribution is 14.1. The van der Waals surface area contributed by atoms with Crippen LogP contribution >= 0.6 is 22.6 Å². The maximum atomic E-state index is 10.2. The highest BCUT2D eigenvalue weighted by Crippen LogP contribution is 1.92. The average molecular weight is 306 g/mol. The second-order valence-corrected chi connectivity index (χ2v) is 3.44. The summed E-state index contributed by atoms with van der Waals surface area (Å²) in [5, 5.41) is 0. The van der Waals surface area contributed by atoms with E-state index in [2.05, 4.69) is 41.6 Å². The van der Waals surface area contributed by atoms with Crippen molar-refractivity contribution >= 4 is 28.4 Å². The third-order valence-electron chi connectivity index (χ3n) is 1.48. The van der Waals surface area contributed by atoms with Gasteiger partial charge in [-0.15, -0.1) is 0 Å². The van der Waals surface area contributed by atoms with Gasteiger partial charge in [0.15, 0.2) is 0 Å². The van der Waals surface area contributed by atoms with E-state index >= 15 is 0 Å². The standard InChI is InChI=1S/C7H8.C4H7IO.CH4/c1-7-5-3-2-4-6-7;1-2-4(6)3-5;/h2-6H,1H3;2-3H2,1H3;1H4. The number of benzene rings is 1. The van der Waals surface area contributed by atoms with E-state index in [1.54, 1.807) is 0 Å². The molecule has 0 heterocycles. The van der Waals surface area contributed by atoms with Crippen molar-refractivity contribution in [2.45, 2.75) is 27.7 Å². The molecule has 0 aliphatic rings. The summed E-state index contributed by atoms with van der Waals surface area (Å²) in [6, 6.07) is 10.3. The summed E-state index contributed by atoms with van der Waals surface area (Å²) in [4.78, 5) is 10.2. The van der Waals surface area contributed by atoms with E-state index in [-0.39, 0.29) is 7.43 Å². The molecule has 0 aliphatic carbocycles. The van der Waals surface area contributed by atoms with Gasteiger partial charge < -0.3 is 0 Å². The van der Waals surface area contributed by atoms with Crippen molar-refractivity contribution < 1.29 is 4.79 Å². The fourth-order valence-electron chi connectivity index (χ4n) is 0.629. The minimum absolute atomic E-state index is 0. The molecule has 0 aliphatic heterocycles. The molecule has 1 nitrogen and oxygen atoms in total. The first kappa shape index (κ1) is 16.1. The number of ketones is 1. The summed E-state index contributed by atoms with van der Waals surface area (Å²) in [6.07, 6.45) is 0.683. The lowest BCUT2D eigenvalue weighted by Gasteiger charge is -1.82. The molecule has 0 saturated carbocycles. The molecule has 0 spiro atoms. The molecule has 0 radical (unpaired) electrons. The van der Waals surface area contributed by atoms with Gasteiger partial charge in [0.05, 0.1) is 4.43 Å². The van der Waals surface area contributed by atoms with Crippen LogP contribution in [0.3, 0.4) is 0 Å². The van der Waals surface area contributed by atoms with Gasteiger partial charge in [0.2, 0.25) is 0 Å². The van der Waals surface area contributed by atoms with Gasteiger partial charge in [0.1, 0.15) is 5.78 Å². The molecular formula is C12H19IO. The van der Waals surface area contributed by atoms with Gasteiger partial charge in [-0.2, -0.15) is 0 Å². The van der Waals surface area contributed by atoms with Crippen molar-refractivity contribution in [2.75, 3.05) is 4.43 Å². The maximum absolute atomic E-state index is 10.2. The van der Waals surface area contributed by atoms with Crippen LogP contribution in [0, 0.1) is 6.92 Å². The maximum Gasteiger partial charge on any atom is 0.142 e. The van der Waals surface area contributed by atoms with Crippen molar-refractivity contribution in [1.82, 2.24) is 0 Å². The Morgan fingerprint density at radius 2 is 1.79 bits per heavy atom. The summed E-state index contributed by atoms with van der Waals surface area (Å²) in [7, 11) is 0. The predicted octanol–water partition coefficient (Wildman–Crippen LogP) is 4.03. The van der Waals surface area contributed by atoms with Crippen LogP contribution in [-0.2, 0) is 4.79 Å². The molecule has 0 amide bonds. The highest BCUT2D eigenvalue weighted by atomic mass is 127. The number of halogens is 1. The van der Waals surface area contributed by atoms with Crippen molar-refractivity contribution in [2.24, 2.45) is 0 Å². The molecule has 1 aromatic rings. The van der Waals surface area contributed by atoms with Crippen molar-refractivity contribution in [3.8, 4) is 0 Å². The second-order valence-electron chi connectivity index (χ2n) is 2.68. The molecular weight excluding hydrogens is 287 g/mol. The van der Waals surface area contributed by atoms with Gasteiger partial charge in [0, 0.05) is 6.42 Å². The second kappa shape index (κ2) is 10.7. The minimum Gasteiger partial charge on any atom is -0.299 e. The van der Waals surface area contributed by atoms with Gasteiger partial charge in [-0.25, -0.2) is 0 Å². The SMILES string of the molecule is C.CCC(=O)CI.Cc1ccccc1. The van der Waals surface area contributed by atoms with E-state index in [0.717, 1.165) is 0 Å². The van der Waals surface area contributed by atoms with Gasteiger partial charge in [-0.1, -0.05) is 72.8 Å². The van der Waals surface area contributed by atoms with Crippen LogP contribution in [0.15, 0.2) is 30.3 Å². The zero-order chi connectivity index (χ0) is 10.1. The number of alkyl halides is 1. The van der Waals surface area contributed by atoms with Gasteiger partial charge in [-0.05, 0) is 6.92 Å². The quantitative estimate of drug-likeness (QED) is 0.595. The third kappa shape index (κ3) is 9.71. The number of carbonyl (C=O) groups is 1. The largest absolute Gasteiger partial charge is 0.299 e. The lowest BCUT2D eigenvalue weighted by atomic mass is 10.2. The first-order valence-electron chi connectivity index (χ1n) is 4.30. The average Bonchev–Trinajstić information content (AvgIpc) is 2.19. The van der Waals surface area contributed by atoms with Gasteiger partial charge in [-0.3, -0.25) is 4.79 Å². The number of hydrogen-bond donors (Lipinski definition) is 0. The van der Waals surface area contributed by atoms with Crippen LogP contribution in [0.2, 0.25) is 0 Å². The zero-order valence-electron chi connectivity index (χ0n) is 8.09. The normalized spacial score (nSPS) is 7.93. The Balaban J connectivity index is 0. The molecule has 1 rings (SSSR count). The van der Waals surface area contributed by atoms with Crippen molar-refractivity contribution in [3.63, 3.8) is 0 Å². The van der Waals surface area contributed by atoms with Gasteiger partial charge in [0.25, 0.3) is 0 Å². The van der Waals surface area contributed by atoms with E-state index < -0.39 is 0 Å². The molecule has 0 bridgehead atoms. The number of Topliss-reactive ketones (excluding diaryl/α,β-unsaturated/α-hetero) is 1. The molecule has 0 saturated heterocycles. The monoisotopic (exact) mass is 306 g/mol. The Kier molecular flexibility index (Phi) is 12.3. The Morgan fingerprint density at radius 1 is 1.29 bits per heavy atom. The van der Waals surface area contributed by atoms with Gasteiger partial charge >= 0.3 is 0 Å². The van der Waals surface area contributed by atoms with Crippen LogP contribution in [0.25, 0.3) is 0 Å². The summed E-state index contributed by atoms with van der Waals surface area (Å²) in [6.45, 7) is 3.96. The lowest BCUT2D eigenvalue weighted by molar-refractivity contribution is -0.116. The molecule has 0 aromatic heterocycles. The minimum atomic E-state index is 0. The smallest absolute Gasteiger partial charge is 0.142 e. The van der Waals surface area contributed by atoms with Crippen LogP contribution in [0.4, 0.5) is 0 Å². The van der Waals surface area contributed by atoms with E-state index in [4.69, 9.17) is 0 Å². The van der Waals surface area contributed by atoms with E-state index in [1.165, 1.54) is 5.56 Å². The molecule has 0 N–H and O–H groups in total. The molecule has 2 heteroatoms. The van der Waals surface area contributed by atoms with Crippen LogP contribution in [-0.4, -0.2) is 10.2 Å². The van der Waals surface area contributed by atoms with Crippen LogP contribution in [0.1, 0.15) is 26.3 Å². The van der Waals surface area contributed by atoms with Crippen molar-refractivity contribution in [1.29, 1.82) is 0 Å². The molecule has 1 aromatic carbocycles. The number of aryl methyl sites for hydroxylation is 1. The fourth-order valence-corrected chi connectivity index (χ4v) is 1.17. The molecule has 80 valence electrons. The Labute approximate surface area is 101 Å². The number of hydrogen-bond acceptors (Lipinski definition) is 1. The molecule has 0 fully saturated rings. The third-order valence-corrected chi connectivity index (χ3v) is 2.33. The van der Waals surface area contributed by atoms with E-state index in [1.807, 2.05) is 25.1 Å². The summed E-state index contributed by atoms with van der Waals surface area (Å²) in [5.41, 5.74) is 1.32. The summed E-state index contributed by atoms with van der Waals surface area (Å²) in [5.74, 6) is 0.329. The highest BCUT2D eigenvalue weighted by Gasteiger charge is 1.88. The summed E-state index contributed by atoms with van der Waals surface area (Å²) >= 11 is 2.06. The Bertz CT molecular complexity index is 225. The zero-order valence-corrected chi connectivity index (χ0v) is 10.2. The first-order chi connectivity index (χ1) is 6.20. The Hall–Kier alpha value is -0.380. The molecule has 0 atom stereocenters. The van der Waals surface area contributed by atoms with E-state index in [0.29, 0.717) is 16.6 Å².